The summed E-state index contributed by atoms with van der Waals surface area (Å²) in [5.41, 5.74) is 9.39. The first-order chi connectivity index (χ1) is 11.7. The summed E-state index contributed by atoms with van der Waals surface area (Å²) < 4.78 is 5.75. The average Bonchev–Trinajstić information content (AvgIpc) is 2.62. The van der Waals surface area contributed by atoms with Crippen LogP contribution in [0.5, 0.6) is 5.75 Å². The molecule has 2 aromatic rings. The maximum Gasteiger partial charge on any atom is 0.205 e. The lowest BCUT2D eigenvalue weighted by Crippen LogP contribution is -2.24. The van der Waals surface area contributed by atoms with Gasteiger partial charge in [0.15, 0.2) is 0 Å². The van der Waals surface area contributed by atoms with Crippen molar-refractivity contribution in [2.45, 2.75) is 19.8 Å². The molecule has 0 saturated carbocycles. The number of nitrogens with zero attached hydrogens (tertiary/aromatic N) is 3. The van der Waals surface area contributed by atoms with E-state index >= 15 is 0 Å². The predicted molar refractivity (Wildman–Crippen MR) is 93.5 cm³/mol. The molecule has 3 rings (SSSR count). The fourth-order valence-electron chi connectivity index (χ4n) is 3.12. The average molecular weight is 320 g/mol. The molecule has 1 aliphatic rings. The van der Waals surface area contributed by atoms with E-state index in [9.17, 15) is 5.26 Å². The molecular formula is C19H20N4O. The first-order valence-corrected chi connectivity index (χ1v) is 8.06. The Morgan fingerprint density at radius 1 is 1.29 bits per heavy atom. The van der Waals surface area contributed by atoms with Gasteiger partial charge >= 0.3 is 0 Å². The number of nitriles is 1. The number of allylic oxidation sites excluding steroid dienone is 1. The van der Waals surface area contributed by atoms with E-state index in [0.29, 0.717) is 11.3 Å². The number of rotatable bonds is 4. The summed E-state index contributed by atoms with van der Waals surface area (Å²) in [5, 5.41) is 9.54. The SMILES string of the molecule is CCN(CC)c1ccc2c(c1)OC(N)=C(C#N)[C@H]2c1cccnc1. The molecule has 1 atom stereocenters. The van der Waals surface area contributed by atoms with Gasteiger partial charge in [0.05, 0.1) is 5.92 Å². The topological polar surface area (TPSA) is 75.2 Å². The molecule has 0 saturated heterocycles. The highest BCUT2D eigenvalue weighted by Crippen LogP contribution is 2.43. The van der Waals surface area contributed by atoms with Crippen LogP contribution in [0.25, 0.3) is 0 Å². The Morgan fingerprint density at radius 3 is 2.71 bits per heavy atom. The summed E-state index contributed by atoms with van der Waals surface area (Å²) in [6, 6.07) is 12.1. The molecule has 2 N–H and O–H groups in total. The van der Waals surface area contributed by atoms with E-state index in [1.54, 1.807) is 12.4 Å². The molecule has 0 unspecified atom stereocenters. The molecule has 5 nitrogen and oxygen atoms in total. The van der Waals surface area contributed by atoms with E-state index < -0.39 is 0 Å². The summed E-state index contributed by atoms with van der Waals surface area (Å²) in [7, 11) is 0. The number of pyridine rings is 1. The van der Waals surface area contributed by atoms with Gasteiger partial charge in [-0.05, 0) is 31.5 Å². The Kier molecular flexibility index (Phi) is 4.39. The minimum atomic E-state index is -0.252. The van der Waals surface area contributed by atoms with Gasteiger partial charge in [-0.15, -0.1) is 0 Å². The number of hydrogen-bond donors (Lipinski definition) is 1. The molecule has 0 bridgehead atoms. The molecular weight excluding hydrogens is 300 g/mol. The van der Waals surface area contributed by atoms with E-state index in [0.717, 1.165) is 29.9 Å². The van der Waals surface area contributed by atoms with Crippen LogP contribution >= 0.6 is 0 Å². The van der Waals surface area contributed by atoms with E-state index in [1.807, 2.05) is 24.3 Å². The molecule has 0 radical (unpaired) electrons. The highest BCUT2D eigenvalue weighted by atomic mass is 16.5. The second kappa shape index (κ2) is 6.63. The molecule has 24 heavy (non-hydrogen) atoms. The third-order valence-electron chi connectivity index (χ3n) is 4.35. The van der Waals surface area contributed by atoms with Crippen LogP contribution in [0.4, 0.5) is 5.69 Å². The molecule has 1 aromatic carbocycles. The second-order valence-corrected chi connectivity index (χ2v) is 5.61. The van der Waals surface area contributed by atoms with Crippen molar-refractivity contribution in [1.82, 2.24) is 4.98 Å². The molecule has 0 aliphatic carbocycles. The Balaban J connectivity index is 2.13. The number of nitrogens with two attached hydrogens (primary N) is 1. The smallest absolute Gasteiger partial charge is 0.205 e. The lowest BCUT2D eigenvalue weighted by molar-refractivity contribution is 0.393. The quantitative estimate of drug-likeness (QED) is 0.936. The number of fused-ring (bicyclic) bond motifs is 1. The van der Waals surface area contributed by atoms with Crippen LogP contribution in [0, 0.1) is 11.3 Å². The molecule has 0 amide bonds. The fraction of sp³-hybridized carbons (Fsp3) is 0.263. The first-order valence-electron chi connectivity index (χ1n) is 8.06. The molecule has 1 aliphatic heterocycles. The highest BCUT2D eigenvalue weighted by molar-refractivity contribution is 5.61. The van der Waals surface area contributed by atoms with Crippen molar-refractivity contribution in [2.75, 3.05) is 18.0 Å². The van der Waals surface area contributed by atoms with E-state index in [-0.39, 0.29) is 11.8 Å². The first kappa shape index (κ1) is 15.9. The fourth-order valence-corrected chi connectivity index (χ4v) is 3.12. The van der Waals surface area contributed by atoms with E-state index in [2.05, 4.69) is 35.9 Å². The van der Waals surface area contributed by atoms with Crippen molar-refractivity contribution >= 4 is 5.69 Å². The van der Waals surface area contributed by atoms with Crippen LogP contribution in [0.1, 0.15) is 30.9 Å². The maximum atomic E-state index is 9.54. The van der Waals surface area contributed by atoms with Crippen LogP contribution in [0.3, 0.4) is 0 Å². The van der Waals surface area contributed by atoms with Crippen LogP contribution in [0.2, 0.25) is 0 Å². The number of benzene rings is 1. The van der Waals surface area contributed by atoms with Crippen molar-refractivity contribution in [3.63, 3.8) is 0 Å². The van der Waals surface area contributed by atoms with Crippen molar-refractivity contribution in [2.24, 2.45) is 5.73 Å². The molecule has 2 heterocycles. The van der Waals surface area contributed by atoms with Crippen LogP contribution in [-0.4, -0.2) is 18.1 Å². The van der Waals surface area contributed by atoms with Gasteiger partial charge in [0, 0.05) is 42.8 Å². The van der Waals surface area contributed by atoms with Crippen LogP contribution in [0.15, 0.2) is 54.2 Å². The van der Waals surface area contributed by atoms with Crippen LogP contribution < -0.4 is 15.4 Å². The Labute approximate surface area is 142 Å². The Bertz CT molecular complexity index is 804. The van der Waals surface area contributed by atoms with Crippen molar-refractivity contribution < 1.29 is 4.74 Å². The van der Waals surface area contributed by atoms with Gasteiger partial charge in [-0.2, -0.15) is 5.26 Å². The van der Waals surface area contributed by atoms with Crippen molar-refractivity contribution in [3.8, 4) is 11.8 Å². The van der Waals surface area contributed by atoms with Gasteiger partial charge in [0.1, 0.15) is 17.4 Å². The number of ether oxygens (including phenoxy) is 1. The monoisotopic (exact) mass is 320 g/mol. The standard InChI is InChI=1S/C19H20N4O/c1-3-23(4-2)14-7-8-15-17(10-14)24-19(21)16(11-20)18(15)13-6-5-9-22-12-13/h5-10,12,18H,3-4,21H2,1-2H3/t18-/m0/s1. The summed E-state index contributed by atoms with van der Waals surface area (Å²) in [5.74, 6) is 0.610. The molecule has 1 aromatic heterocycles. The third-order valence-corrected chi connectivity index (χ3v) is 4.35. The Hall–Kier alpha value is -3.00. The van der Waals surface area contributed by atoms with Gasteiger partial charge in [-0.3, -0.25) is 4.98 Å². The lowest BCUT2D eigenvalue weighted by atomic mass is 9.84. The Morgan fingerprint density at radius 2 is 2.08 bits per heavy atom. The molecule has 122 valence electrons. The van der Waals surface area contributed by atoms with Crippen LogP contribution in [-0.2, 0) is 0 Å². The van der Waals surface area contributed by atoms with E-state index in [1.165, 1.54) is 0 Å². The zero-order chi connectivity index (χ0) is 17.1. The largest absolute Gasteiger partial charge is 0.440 e. The predicted octanol–water partition coefficient (Wildman–Crippen LogP) is 3.15. The minimum absolute atomic E-state index is 0.163. The third kappa shape index (κ3) is 2.67. The number of hydrogen-bond acceptors (Lipinski definition) is 5. The molecule has 5 heteroatoms. The van der Waals surface area contributed by atoms with E-state index in [4.69, 9.17) is 10.5 Å². The van der Waals surface area contributed by atoms with Crippen molar-refractivity contribution in [3.05, 3.63) is 65.3 Å². The van der Waals surface area contributed by atoms with Gasteiger partial charge < -0.3 is 15.4 Å². The lowest BCUT2D eigenvalue weighted by Gasteiger charge is -2.28. The summed E-state index contributed by atoms with van der Waals surface area (Å²) in [6.45, 7) is 6.06. The normalized spacial score (nSPS) is 16.1. The van der Waals surface area contributed by atoms with Crippen molar-refractivity contribution in [1.29, 1.82) is 5.26 Å². The summed E-state index contributed by atoms with van der Waals surface area (Å²) in [4.78, 5) is 6.42. The van der Waals surface area contributed by atoms with Gasteiger partial charge in [0.25, 0.3) is 0 Å². The number of anilines is 1. The summed E-state index contributed by atoms with van der Waals surface area (Å²) >= 11 is 0. The molecule has 0 fully saturated rings. The molecule has 0 spiro atoms. The van der Waals surface area contributed by atoms with Gasteiger partial charge in [-0.1, -0.05) is 12.1 Å². The minimum Gasteiger partial charge on any atom is -0.440 e. The zero-order valence-corrected chi connectivity index (χ0v) is 13.9. The maximum absolute atomic E-state index is 9.54. The number of aromatic nitrogens is 1. The zero-order valence-electron chi connectivity index (χ0n) is 13.9. The highest BCUT2D eigenvalue weighted by Gasteiger charge is 2.31. The van der Waals surface area contributed by atoms with Gasteiger partial charge in [-0.25, -0.2) is 0 Å². The van der Waals surface area contributed by atoms with Gasteiger partial charge in [0.2, 0.25) is 5.88 Å². The summed E-state index contributed by atoms with van der Waals surface area (Å²) in [6.07, 6.45) is 3.48. The second-order valence-electron chi connectivity index (χ2n) is 5.61.